The van der Waals surface area contributed by atoms with Crippen molar-refractivity contribution in [2.45, 2.75) is 13.5 Å². The number of hydrogen-bond acceptors (Lipinski definition) is 3. The Labute approximate surface area is 159 Å². The Hall–Kier alpha value is -2.50. The zero-order chi connectivity index (χ0) is 18.7. The van der Waals surface area contributed by atoms with Crippen molar-refractivity contribution in [3.8, 4) is 5.75 Å². The van der Waals surface area contributed by atoms with Crippen molar-refractivity contribution in [1.82, 2.24) is 0 Å². The highest BCUT2D eigenvalue weighted by Gasteiger charge is 2.14. The van der Waals surface area contributed by atoms with Crippen LogP contribution in [0.1, 0.15) is 21.9 Å². The van der Waals surface area contributed by atoms with Gasteiger partial charge in [-0.05, 0) is 55.0 Å². The van der Waals surface area contributed by atoms with Crippen LogP contribution in [0.3, 0.4) is 0 Å². The second kappa shape index (κ2) is 7.81. The smallest absolute Gasteiger partial charge is 0.291 e. The highest BCUT2D eigenvalue weighted by molar-refractivity contribution is 6.35. The number of rotatable bonds is 5. The standard InChI is InChI=1S/C19H14Cl2FNO3/c1-11-2-5-15(22)16(8-11)23-19(24)18-7-4-13(26-18)10-25-17-6-3-12(20)9-14(17)21/h2-9H,10H2,1H3,(H,23,24). The molecule has 1 aromatic heterocycles. The van der Waals surface area contributed by atoms with Gasteiger partial charge in [0.05, 0.1) is 10.7 Å². The van der Waals surface area contributed by atoms with E-state index in [2.05, 4.69) is 5.32 Å². The van der Waals surface area contributed by atoms with Crippen molar-refractivity contribution >= 4 is 34.8 Å². The number of furan rings is 1. The van der Waals surface area contributed by atoms with Gasteiger partial charge < -0.3 is 14.5 Å². The number of nitrogens with one attached hydrogen (secondary N) is 1. The highest BCUT2D eigenvalue weighted by atomic mass is 35.5. The normalized spacial score (nSPS) is 10.6. The number of aryl methyl sites for hydroxylation is 1. The number of anilines is 1. The van der Waals surface area contributed by atoms with Gasteiger partial charge in [0, 0.05) is 5.02 Å². The van der Waals surface area contributed by atoms with E-state index in [1.807, 2.05) is 0 Å². The fourth-order valence-corrected chi connectivity index (χ4v) is 2.70. The first kappa shape index (κ1) is 18.3. The van der Waals surface area contributed by atoms with Crippen molar-refractivity contribution in [2.75, 3.05) is 5.32 Å². The van der Waals surface area contributed by atoms with E-state index < -0.39 is 11.7 Å². The van der Waals surface area contributed by atoms with Crippen molar-refractivity contribution in [3.05, 3.63) is 81.5 Å². The summed E-state index contributed by atoms with van der Waals surface area (Å²) in [5.74, 6) is -0.153. The lowest BCUT2D eigenvalue weighted by Crippen LogP contribution is -2.12. The van der Waals surface area contributed by atoms with Crippen molar-refractivity contribution in [1.29, 1.82) is 0 Å². The molecule has 0 radical (unpaired) electrons. The largest absolute Gasteiger partial charge is 0.484 e. The molecule has 0 aliphatic rings. The Morgan fingerprint density at radius 3 is 2.73 bits per heavy atom. The van der Waals surface area contributed by atoms with Crippen LogP contribution < -0.4 is 10.1 Å². The molecule has 26 heavy (non-hydrogen) atoms. The lowest BCUT2D eigenvalue weighted by Gasteiger charge is -2.07. The van der Waals surface area contributed by atoms with E-state index >= 15 is 0 Å². The summed E-state index contributed by atoms with van der Waals surface area (Å²) in [6.07, 6.45) is 0. The van der Waals surface area contributed by atoms with Gasteiger partial charge in [-0.2, -0.15) is 0 Å². The molecule has 4 nitrogen and oxygen atoms in total. The van der Waals surface area contributed by atoms with Gasteiger partial charge in [-0.25, -0.2) is 4.39 Å². The lowest BCUT2D eigenvalue weighted by atomic mass is 10.2. The van der Waals surface area contributed by atoms with Gasteiger partial charge in [0.1, 0.15) is 23.9 Å². The number of carbonyl (C=O) groups excluding carboxylic acids is 1. The van der Waals surface area contributed by atoms with E-state index in [1.165, 1.54) is 12.1 Å². The summed E-state index contributed by atoms with van der Waals surface area (Å²) in [7, 11) is 0. The predicted octanol–water partition coefficient (Wildman–Crippen LogP) is 5.87. The van der Waals surface area contributed by atoms with E-state index in [0.717, 1.165) is 5.56 Å². The van der Waals surface area contributed by atoms with Crippen molar-refractivity contribution in [2.24, 2.45) is 0 Å². The Kier molecular flexibility index (Phi) is 5.49. The minimum atomic E-state index is -0.551. The molecule has 1 amide bonds. The quantitative estimate of drug-likeness (QED) is 0.589. The molecule has 0 aliphatic carbocycles. The van der Waals surface area contributed by atoms with E-state index in [4.69, 9.17) is 32.4 Å². The number of hydrogen-bond donors (Lipinski definition) is 1. The average molecular weight is 394 g/mol. The molecule has 3 rings (SSSR count). The first-order chi connectivity index (χ1) is 12.4. The first-order valence-electron chi connectivity index (χ1n) is 7.66. The third kappa shape index (κ3) is 4.36. The van der Waals surface area contributed by atoms with Crippen LogP contribution in [0.2, 0.25) is 10.0 Å². The van der Waals surface area contributed by atoms with Crippen molar-refractivity contribution < 1.29 is 18.3 Å². The van der Waals surface area contributed by atoms with Gasteiger partial charge in [-0.1, -0.05) is 29.3 Å². The number of carbonyl (C=O) groups is 1. The molecule has 0 aliphatic heterocycles. The summed E-state index contributed by atoms with van der Waals surface area (Å²) in [4.78, 5) is 12.2. The molecule has 0 bridgehead atoms. The van der Waals surface area contributed by atoms with E-state index in [1.54, 1.807) is 43.3 Å². The van der Waals surface area contributed by atoms with Crippen LogP contribution in [0, 0.1) is 12.7 Å². The summed E-state index contributed by atoms with van der Waals surface area (Å²) in [5.41, 5.74) is 0.923. The lowest BCUT2D eigenvalue weighted by molar-refractivity contribution is 0.0992. The molecule has 2 aromatic carbocycles. The number of benzene rings is 2. The fourth-order valence-electron chi connectivity index (χ4n) is 2.24. The van der Waals surface area contributed by atoms with Crippen LogP contribution in [0.4, 0.5) is 10.1 Å². The Balaban J connectivity index is 1.65. The zero-order valence-corrected chi connectivity index (χ0v) is 15.2. The molecule has 0 fully saturated rings. The summed E-state index contributed by atoms with van der Waals surface area (Å²) >= 11 is 11.9. The summed E-state index contributed by atoms with van der Waals surface area (Å²) < 4.78 is 24.7. The minimum absolute atomic E-state index is 0.0479. The Morgan fingerprint density at radius 1 is 1.15 bits per heavy atom. The molecule has 0 saturated carbocycles. The maximum atomic E-state index is 13.7. The van der Waals surface area contributed by atoms with Gasteiger partial charge in [0.15, 0.2) is 5.76 Å². The molecule has 7 heteroatoms. The van der Waals surface area contributed by atoms with Crippen LogP contribution in [-0.2, 0) is 6.61 Å². The maximum absolute atomic E-state index is 13.7. The van der Waals surface area contributed by atoms with E-state index in [-0.39, 0.29) is 18.1 Å². The second-order valence-corrected chi connectivity index (χ2v) is 6.41. The van der Waals surface area contributed by atoms with Gasteiger partial charge in [-0.15, -0.1) is 0 Å². The van der Waals surface area contributed by atoms with Gasteiger partial charge in [0.2, 0.25) is 0 Å². The maximum Gasteiger partial charge on any atom is 0.291 e. The number of amides is 1. The summed E-state index contributed by atoms with van der Waals surface area (Å²) in [6, 6.07) is 12.4. The van der Waals surface area contributed by atoms with E-state index in [9.17, 15) is 9.18 Å². The van der Waals surface area contributed by atoms with Gasteiger partial charge >= 0.3 is 0 Å². The predicted molar refractivity (Wildman–Crippen MR) is 98.6 cm³/mol. The molecule has 0 saturated heterocycles. The van der Waals surface area contributed by atoms with E-state index in [0.29, 0.717) is 21.6 Å². The zero-order valence-electron chi connectivity index (χ0n) is 13.7. The monoisotopic (exact) mass is 393 g/mol. The third-order valence-electron chi connectivity index (χ3n) is 3.52. The topological polar surface area (TPSA) is 51.5 Å². The average Bonchev–Trinajstić information content (AvgIpc) is 3.06. The summed E-state index contributed by atoms with van der Waals surface area (Å²) in [5, 5.41) is 3.36. The van der Waals surface area contributed by atoms with Gasteiger partial charge in [0.25, 0.3) is 5.91 Å². The van der Waals surface area contributed by atoms with Crippen LogP contribution in [0.15, 0.2) is 52.9 Å². The van der Waals surface area contributed by atoms with Crippen LogP contribution >= 0.6 is 23.2 Å². The van der Waals surface area contributed by atoms with Crippen LogP contribution in [-0.4, -0.2) is 5.91 Å². The minimum Gasteiger partial charge on any atom is -0.484 e. The Morgan fingerprint density at radius 2 is 1.96 bits per heavy atom. The molecular weight excluding hydrogens is 380 g/mol. The molecule has 0 unspecified atom stereocenters. The van der Waals surface area contributed by atoms with Crippen molar-refractivity contribution in [3.63, 3.8) is 0 Å². The molecule has 1 N–H and O–H groups in total. The first-order valence-corrected chi connectivity index (χ1v) is 8.42. The fraction of sp³-hybridized carbons (Fsp3) is 0.105. The van der Waals surface area contributed by atoms with Gasteiger partial charge in [-0.3, -0.25) is 4.79 Å². The number of halogens is 3. The van der Waals surface area contributed by atoms with Crippen LogP contribution in [0.25, 0.3) is 0 Å². The number of ether oxygens (including phenoxy) is 1. The van der Waals surface area contributed by atoms with Crippen LogP contribution in [0.5, 0.6) is 5.75 Å². The molecule has 134 valence electrons. The summed E-state index contributed by atoms with van der Waals surface area (Å²) in [6.45, 7) is 1.88. The third-order valence-corrected chi connectivity index (χ3v) is 4.05. The highest BCUT2D eigenvalue weighted by Crippen LogP contribution is 2.28. The molecule has 3 aromatic rings. The molecule has 1 heterocycles. The second-order valence-electron chi connectivity index (χ2n) is 5.57. The molecule has 0 spiro atoms. The molecular formula is C19H14Cl2FNO3. The Bertz CT molecular complexity index is 956. The molecule has 0 atom stereocenters. The SMILES string of the molecule is Cc1ccc(F)c(NC(=O)c2ccc(COc3ccc(Cl)cc3Cl)o2)c1.